The van der Waals surface area contributed by atoms with Crippen molar-refractivity contribution >= 4 is 45.8 Å². The first-order chi connectivity index (χ1) is 58.0. The molecule has 12 heterocycles. The number of ether oxygens (including phenoxy) is 14. The zero-order chi connectivity index (χ0) is 86.4. The van der Waals surface area contributed by atoms with Crippen LogP contribution in [0, 0.1) is 233 Å². The summed E-state index contributed by atoms with van der Waals surface area (Å²) in [5.41, 5.74) is -1.76. The first kappa shape index (κ1) is 132. The van der Waals surface area contributed by atoms with Gasteiger partial charge in [-0.05, 0) is 133 Å². The Labute approximate surface area is 942 Å². The van der Waals surface area contributed by atoms with E-state index in [1.54, 1.807) is 40.0 Å². The zero-order valence-corrected chi connectivity index (χ0v) is 103. The molecule has 0 spiro atoms. The van der Waals surface area contributed by atoms with Gasteiger partial charge in [0.05, 0.1) is 124 Å². The Balaban J connectivity index is 0.000000817. The molecular weight excluding hydrogens is 3100 g/mol. The number of hydrogen-bond acceptors (Lipinski definition) is 23. The van der Waals surface area contributed by atoms with Gasteiger partial charge >= 0.3 is 0 Å². The molecule has 12 fully saturated rings. The van der Waals surface area contributed by atoms with Crippen molar-refractivity contribution in [2.45, 2.75) is 321 Å². The van der Waals surface area contributed by atoms with Gasteiger partial charge in [-0.2, -0.15) is 39.6 Å². The summed E-state index contributed by atoms with van der Waals surface area (Å²) >= 11 is 0. The van der Waals surface area contributed by atoms with Gasteiger partial charge in [-0.25, -0.2) is 6.57 Å². The topological polar surface area (TPSA) is 272 Å². The van der Waals surface area contributed by atoms with Crippen LogP contribution in [0.3, 0.4) is 0 Å². The molecule has 1 unspecified atom stereocenters. The van der Waals surface area contributed by atoms with Gasteiger partial charge in [0.1, 0.15) is 29.0 Å². The van der Waals surface area contributed by atoms with E-state index in [9.17, 15) is 20.4 Å². The third kappa shape index (κ3) is 26.8. The smallest absolute Gasteiger partial charge is 0.261 e. The second-order valence-electron chi connectivity index (χ2n) is 35.1. The van der Waals surface area contributed by atoms with Crippen LogP contribution in [0.1, 0.15) is 165 Å². The molecule has 6 aromatic rings. The molecule has 133 heavy (non-hydrogen) atoms. The van der Waals surface area contributed by atoms with E-state index < -0.39 is 71.3 Å². The Morgan fingerprint density at radius 2 is 0.639 bits per heavy atom. The SMILES string of the molecule is C.C.C.C.C.C.CC[C@]12O[CH-][C@H](O[C@@H]1C)[C@@H]2O.C[C@H]1O[C@H]2[CH-]O[C@]1(CO)[C@H]2O.C[C@H]1O[C@H]2[CH-]O[C@]1(CO)[C@H]2OCc1ccccc1.C[C@H]1O[C@H]2[CH-]O[C@]1(CO[Si](c1ccccc1)(c1ccccc1)C(C)(C)C)[C@H]2O.C[C@H]1O[C@H]2[CH-]O[C@]1(CO[Si](c1ccccc1)(c1ccccc1)C(C)(C)C)[C@H]2OCc1ccccc1.[C-]#[N+]CCOP(C)O[C@H]1[C@@H]2[CH-]O[C@@]1(CC)[C@@H](C)O2.[U].[U].[U].[U].[U].[U]. The fourth-order valence-electron chi connectivity index (χ4n) is 19.1. The molecule has 0 aliphatic carbocycles. The number of rotatable bonds is 25. The molecule has 24 nitrogen and oxygen atoms in total. The summed E-state index contributed by atoms with van der Waals surface area (Å²) in [7, 11) is -6.39. The van der Waals surface area contributed by atoms with Crippen molar-refractivity contribution in [1.82, 2.24) is 0 Å². The third-order valence-corrected chi connectivity index (χ3v) is 37.4. The number of aliphatic hydroxyl groups excluding tert-OH is 5. The maximum Gasteiger partial charge on any atom is 0.261 e. The third-order valence-electron chi connectivity index (χ3n) is 26.3. The van der Waals surface area contributed by atoms with Gasteiger partial charge in [0.2, 0.25) is 6.54 Å². The van der Waals surface area contributed by atoms with E-state index in [-0.39, 0.29) is 358 Å². The van der Waals surface area contributed by atoms with Crippen LogP contribution < -0.4 is 20.7 Å². The van der Waals surface area contributed by atoms with Crippen molar-refractivity contribution < 1.29 is 296 Å². The number of hydrogen-bond donors (Lipinski definition) is 5. The maximum atomic E-state index is 10.7. The molecule has 0 aromatic heterocycles. The summed E-state index contributed by atoms with van der Waals surface area (Å²) < 4.78 is 107. The van der Waals surface area contributed by atoms with Gasteiger partial charge in [-0.3, -0.25) is 0 Å². The van der Waals surface area contributed by atoms with Gasteiger partial charge in [-0.15, -0.1) is 0 Å². The molecule has 33 heteroatoms. The molecule has 12 aliphatic rings. The summed E-state index contributed by atoms with van der Waals surface area (Å²) in [5.74, 6) is 0. The fraction of sp³-hybridized carbons (Fsp3) is 0.570. The standard InChI is InChI=1S/C30H35O4Si.C23H29O4Si.C14H17O4.C12H19NO4P.C8H13O3.C7H11O4.6CH4.6U/c1-23-30(28(27(34-23)21-32-30)31-20-24-14-8-5-9-15-24)22-33-35(29(2,3)4,25-16-10-6-11-17-25)26-18-12-7-13-19-26;1-17-23(21(24)20(27-17)15-25-23)16-26-28(22(2,3)4,18-11-7-5-8-12-18)19-13-9-6-10-14-19;1-10-14(9-15)13(12(18-10)8-17-14)16-7-11-5-3-2-4-6-11;1-5-12-9(2)16-10(8-14-12)11(12)17-18(4)15-7-6-13-3;1-3-8-5(2)11-6(4-10-8)7(8)9;1-4-7(3-8)6(9)5(11-4)2-10-7;;;;;;;;;;;;/h5-19,21,23,27-28H,20,22H2,1-4H3;5-15,17,20-21,24H,16H2,1-4H3;2-6,8,10,12-13,15H,7,9H2,1H3;8-11H,5-7H2,1-2,4H3;4-7,9H,3H2,1-2H3;2,4-6,8-9H,3H2,1H3;6*1H4;;;;;;/q6*-1;;;;;;;;;;;;/t23-,27+,28+,30+;17-,20+,21+,23+;10-,12+,13+,14+;9-,10+,11+,12+,18?;5-,6+,7+,8+;4-,5+,6+,7+;;;;;;;;;;;;/m111111............/s1. The summed E-state index contributed by atoms with van der Waals surface area (Å²) in [6.07, 6.45) is -2.96. The van der Waals surface area contributed by atoms with E-state index >= 15 is 0 Å². The van der Waals surface area contributed by atoms with Crippen LogP contribution in [0.15, 0.2) is 182 Å². The first-order valence-electron chi connectivity index (χ1n) is 42.4. The molecule has 734 valence electrons. The Kier molecular flexibility index (Phi) is 57.0. The van der Waals surface area contributed by atoms with E-state index in [0.717, 1.165) is 24.0 Å². The molecule has 0 saturated carbocycles. The largest absolute Gasteiger partial charge is 0.541 e. The summed E-state index contributed by atoms with van der Waals surface area (Å²) in [6, 6.07) is 62.6. The van der Waals surface area contributed by atoms with Gasteiger partial charge in [-0.1, -0.05) is 282 Å². The van der Waals surface area contributed by atoms with E-state index in [0.29, 0.717) is 33.0 Å². The second kappa shape index (κ2) is 57.4. The summed E-state index contributed by atoms with van der Waals surface area (Å²) in [6.45, 7) is 50.0. The van der Waals surface area contributed by atoms with E-state index in [1.165, 1.54) is 27.4 Å². The maximum absolute atomic E-state index is 10.7. The van der Waals surface area contributed by atoms with Gasteiger partial charge < -0.3 is 115 Å². The van der Waals surface area contributed by atoms with Crippen LogP contribution in [-0.2, 0) is 97.4 Å². The van der Waals surface area contributed by atoms with Crippen LogP contribution in [0.2, 0.25) is 10.1 Å². The molecule has 25 atom stereocenters. The minimum atomic E-state index is -2.71. The van der Waals surface area contributed by atoms with Crippen LogP contribution in [0.5, 0.6) is 0 Å². The van der Waals surface area contributed by atoms with Gasteiger partial charge in [0, 0.05) is 193 Å². The number of fused-ring (bicyclic) bond motifs is 12. The Morgan fingerprint density at radius 1 is 0.376 bits per heavy atom. The van der Waals surface area contributed by atoms with Crippen LogP contribution in [0.4, 0.5) is 0 Å². The molecular formula is C100H148NO23PSi2U6-6. The molecule has 12 aliphatic heterocycles. The van der Waals surface area contributed by atoms with Crippen LogP contribution in [0.25, 0.3) is 4.85 Å². The van der Waals surface area contributed by atoms with E-state index in [4.69, 9.17) is 95.9 Å². The molecule has 0 radical (unpaired) electrons. The predicted molar refractivity (Wildman–Crippen MR) is 500 cm³/mol. The van der Waals surface area contributed by atoms with Crippen molar-refractivity contribution in [3.05, 3.63) is 244 Å². The van der Waals surface area contributed by atoms with Crippen molar-refractivity contribution in [3.8, 4) is 0 Å². The summed E-state index contributed by atoms with van der Waals surface area (Å²) in [5, 5.41) is 53.2. The van der Waals surface area contributed by atoms with Crippen LogP contribution >= 0.6 is 8.38 Å². The normalized spacial score (nSPS) is 32.9. The quantitative estimate of drug-likeness (QED) is 0.0154. The fourth-order valence-corrected chi connectivity index (χ4v) is 29.3. The monoisotopic (exact) mass is 3250 g/mol. The Hall–Kier alpha value is 1.07. The Morgan fingerprint density at radius 3 is 0.917 bits per heavy atom. The average Bonchev–Trinajstić information content (AvgIpc) is 1.45. The number of nitrogens with zero attached hydrogens (tertiary/aromatic N) is 1. The van der Waals surface area contributed by atoms with Gasteiger partial charge in [0.15, 0.2) is 8.38 Å². The van der Waals surface area contributed by atoms with Gasteiger partial charge in [0.25, 0.3) is 16.6 Å². The molecule has 0 amide bonds. The Bertz CT molecular complexity index is 4180. The average molecular weight is 3250 g/mol. The zero-order valence-electron chi connectivity index (χ0n) is 75.2. The molecule has 12 saturated heterocycles. The summed E-state index contributed by atoms with van der Waals surface area (Å²) in [4.78, 5) is 3.25. The molecule has 18 rings (SSSR count). The minimum Gasteiger partial charge on any atom is -0.541 e. The molecule has 12 bridgehead atoms. The van der Waals surface area contributed by atoms with Crippen molar-refractivity contribution in [1.29, 1.82) is 0 Å². The number of aliphatic hydroxyl groups is 5. The predicted octanol–water partition coefficient (Wildman–Crippen LogP) is 14.5. The van der Waals surface area contributed by atoms with Crippen molar-refractivity contribution in [3.63, 3.8) is 0 Å². The number of benzene rings is 6. The van der Waals surface area contributed by atoms with Crippen molar-refractivity contribution in [2.75, 3.05) is 46.2 Å². The molecule has 5 N–H and O–H groups in total. The van der Waals surface area contributed by atoms with E-state index in [1.807, 2.05) is 102 Å². The van der Waals surface area contributed by atoms with Crippen LogP contribution in [-0.4, -0.2) is 232 Å². The molecule has 6 aromatic carbocycles. The minimum absolute atomic E-state index is 0. The van der Waals surface area contributed by atoms with E-state index in [2.05, 4.69) is 182 Å². The van der Waals surface area contributed by atoms with Crippen molar-refractivity contribution in [2.24, 2.45) is 0 Å². The first-order valence-corrected chi connectivity index (χ1v) is 47.9. The second-order valence-corrected chi connectivity index (χ2v) is 45.0.